The molecular formula is C22H28N3O2+. The Bertz CT molecular complexity index is 911. The van der Waals surface area contributed by atoms with Crippen LogP contribution in [0.4, 0.5) is 11.4 Å². The van der Waals surface area contributed by atoms with E-state index in [9.17, 15) is 9.59 Å². The van der Waals surface area contributed by atoms with Gasteiger partial charge in [0.15, 0.2) is 11.6 Å². The number of ketones is 2. The molecule has 0 amide bonds. The average Bonchev–Trinajstić information content (AvgIpc) is 2.63. The number of nitrogen functional groups attached to an aromatic ring is 1. The first kappa shape index (κ1) is 19.1. The Balaban J connectivity index is 2.03. The number of aryl methyl sites for hydroxylation is 1. The molecule has 0 aromatic heterocycles. The molecule has 27 heavy (non-hydrogen) atoms. The maximum Gasteiger partial charge on any atom is 0.196 e. The minimum atomic E-state index is -0.164. The largest absolute Gasteiger partial charge is 0.398 e. The van der Waals surface area contributed by atoms with E-state index in [1.54, 1.807) is 24.3 Å². The van der Waals surface area contributed by atoms with Crippen LogP contribution < -0.4 is 11.1 Å². The van der Waals surface area contributed by atoms with Gasteiger partial charge in [-0.15, -0.1) is 0 Å². The Labute approximate surface area is 160 Å². The molecular weight excluding hydrogens is 338 g/mol. The summed E-state index contributed by atoms with van der Waals surface area (Å²) >= 11 is 0. The Morgan fingerprint density at radius 2 is 1.59 bits per heavy atom. The Morgan fingerprint density at radius 1 is 1.00 bits per heavy atom. The molecule has 0 radical (unpaired) electrons. The molecule has 2 aromatic carbocycles. The Hall–Kier alpha value is -2.66. The van der Waals surface area contributed by atoms with Gasteiger partial charge in [-0.05, 0) is 18.1 Å². The van der Waals surface area contributed by atoms with Gasteiger partial charge in [0.2, 0.25) is 0 Å². The maximum atomic E-state index is 13.2. The van der Waals surface area contributed by atoms with E-state index in [0.717, 1.165) is 29.6 Å². The van der Waals surface area contributed by atoms with Gasteiger partial charge in [-0.25, -0.2) is 0 Å². The van der Waals surface area contributed by atoms with Crippen molar-refractivity contribution in [3.8, 4) is 0 Å². The molecule has 0 saturated carbocycles. The molecule has 1 aliphatic carbocycles. The molecule has 142 valence electrons. The van der Waals surface area contributed by atoms with Crippen LogP contribution in [0.15, 0.2) is 30.3 Å². The molecule has 3 N–H and O–H groups in total. The smallest absolute Gasteiger partial charge is 0.196 e. The number of nitrogens with zero attached hydrogens (tertiary/aromatic N) is 1. The number of quaternary nitrogens is 1. The van der Waals surface area contributed by atoms with Crippen LogP contribution in [0.2, 0.25) is 0 Å². The minimum Gasteiger partial charge on any atom is -0.398 e. The lowest BCUT2D eigenvalue weighted by atomic mass is 9.81. The number of rotatable bonds is 6. The fourth-order valence-electron chi connectivity index (χ4n) is 3.58. The first-order valence-electron chi connectivity index (χ1n) is 9.42. The molecule has 0 saturated heterocycles. The van der Waals surface area contributed by atoms with Crippen molar-refractivity contribution < 1.29 is 14.1 Å². The van der Waals surface area contributed by atoms with Crippen molar-refractivity contribution in [3.05, 3.63) is 58.1 Å². The second kappa shape index (κ2) is 7.16. The zero-order chi connectivity index (χ0) is 19.8. The first-order chi connectivity index (χ1) is 12.7. The topological polar surface area (TPSA) is 72.2 Å². The van der Waals surface area contributed by atoms with Crippen LogP contribution in [0.5, 0.6) is 0 Å². The summed E-state index contributed by atoms with van der Waals surface area (Å²) in [5.74, 6) is -0.300. The van der Waals surface area contributed by atoms with E-state index < -0.39 is 0 Å². The quantitative estimate of drug-likeness (QED) is 0.399. The van der Waals surface area contributed by atoms with E-state index in [1.165, 1.54) is 0 Å². The van der Waals surface area contributed by atoms with Gasteiger partial charge in [0.05, 0.1) is 38.8 Å². The highest BCUT2D eigenvalue weighted by Gasteiger charge is 2.34. The van der Waals surface area contributed by atoms with Crippen molar-refractivity contribution in [1.82, 2.24) is 0 Å². The van der Waals surface area contributed by atoms with Crippen LogP contribution in [0.1, 0.15) is 50.8 Å². The fraction of sp³-hybridized carbons (Fsp3) is 0.364. The molecule has 2 aromatic rings. The zero-order valence-corrected chi connectivity index (χ0v) is 16.6. The summed E-state index contributed by atoms with van der Waals surface area (Å²) in [7, 11) is 6.46. The summed E-state index contributed by atoms with van der Waals surface area (Å²) in [6, 6.07) is 8.90. The molecule has 0 aliphatic heterocycles. The molecule has 0 spiro atoms. The number of carbonyl (C=O) groups excluding carboxylic acids is 2. The van der Waals surface area contributed by atoms with E-state index in [0.29, 0.717) is 40.0 Å². The van der Waals surface area contributed by atoms with Gasteiger partial charge in [-0.1, -0.05) is 31.2 Å². The van der Waals surface area contributed by atoms with E-state index in [-0.39, 0.29) is 11.6 Å². The number of nitrogens with one attached hydrogen (secondary N) is 1. The molecule has 5 heteroatoms. The van der Waals surface area contributed by atoms with Crippen LogP contribution >= 0.6 is 0 Å². The number of fused-ring (bicyclic) bond motifs is 2. The van der Waals surface area contributed by atoms with Gasteiger partial charge in [0, 0.05) is 35.5 Å². The van der Waals surface area contributed by atoms with Gasteiger partial charge >= 0.3 is 0 Å². The number of benzene rings is 2. The highest BCUT2D eigenvalue weighted by Crippen LogP contribution is 2.37. The minimum absolute atomic E-state index is 0.136. The first-order valence-corrected chi connectivity index (χ1v) is 9.42. The zero-order valence-electron chi connectivity index (χ0n) is 16.6. The van der Waals surface area contributed by atoms with Crippen LogP contribution in [-0.4, -0.2) is 50.3 Å². The van der Waals surface area contributed by atoms with Gasteiger partial charge in [0.1, 0.15) is 0 Å². The third kappa shape index (κ3) is 3.60. The lowest BCUT2D eigenvalue weighted by Crippen LogP contribution is -2.36. The highest BCUT2D eigenvalue weighted by atomic mass is 16.1. The van der Waals surface area contributed by atoms with E-state index >= 15 is 0 Å². The molecule has 3 rings (SSSR count). The van der Waals surface area contributed by atoms with Crippen molar-refractivity contribution in [2.75, 3.05) is 45.3 Å². The summed E-state index contributed by atoms with van der Waals surface area (Å²) in [5.41, 5.74) is 9.99. The van der Waals surface area contributed by atoms with E-state index in [4.69, 9.17) is 5.73 Å². The standard InChI is InChI=1S/C22H27N3O2/c1-5-14-13-17(24-11-8-12-25(2,3)4)18-19(20(14)23)22(27)16-10-7-6-9-15(16)21(18)26/h6-7,9-10,13H,5,8,11-12H2,1-4H3,(H2-,23,24,26,27)/p+1. The number of hydrogen-bond acceptors (Lipinski definition) is 4. The monoisotopic (exact) mass is 366 g/mol. The number of nitrogens with two attached hydrogens (primary N) is 1. The lowest BCUT2D eigenvalue weighted by molar-refractivity contribution is -0.870. The number of hydrogen-bond donors (Lipinski definition) is 2. The normalized spacial score (nSPS) is 13.3. The van der Waals surface area contributed by atoms with Crippen molar-refractivity contribution in [2.45, 2.75) is 19.8 Å². The van der Waals surface area contributed by atoms with E-state index in [1.807, 2.05) is 13.0 Å². The summed E-state index contributed by atoms with van der Waals surface area (Å²) in [5, 5.41) is 3.39. The summed E-state index contributed by atoms with van der Waals surface area (Å²) in [4.78, 5) is 26.3. The Kier molecular flexibility index (Phi) is 5.07. The molecule has 0 bridgehead atoms. The Morgan fingerprint density at radius 3 is 2.15 bits per heavy atom. The predicted molar refractivity (Wildman–Crippen MR) is 110 cm³/mol. The second-order valence-electron chi connectivity index (χ2n) is 8.10. The highest BCUT2D eigenvalue weighted by molar-refractivity contribution is 6.32. The predicted octanol–water partition coefficient (Wildman–Crippen LogP) is 3.11. The third-order valence-corrected chi connectivity index (χ3v) is 5.03. The van der Waals surface area contributed by atoms with Crippen LogP contribution in [0, 0.1) is 0 Å². The second-order valence-corrected chi connectivity index (χ2v) is 8.10. The third-order valence-electron chi connectivity index (χ3n) is 5.03. The van der Waals surface area contributed by atoms with Crippen molar-refractivity contribution in [1.29, 1.82) is 0 Å². The van der Waals surface area contributed by atoms with E-state index in [2.05, 4.69) is 26.5 Å². The summed E-state index contributed by atoms with van der Waals surface area (Å²) in [6.07, 6.45) is 1.67. The van der Waals surface area contributed by atoms with Gasteiger partial charge in [0.25, 0.3) is 0 Å². The van der Waals surface area contributed by atoms with Gasteiger partial charge < -0.3 is 15.5 Å². The van der Waals surface area contributed by atoms with Gasteiger partial charge in [-0.2, -0.15) is 0 Å². The van der Waals surface area contributed by atoms with Gasteiger partial charge in [-0.3, -0.25) is 9.59 Å². The van der Waals surface area contributed by atoms with Crippen molar-refractivity contribution >= 4 is 22.9 Å². The van der Waals surface area contributed by atoms with Crippen LogP contribution in [-0.2, 0) is 6.42 Å². The summed E-state index contributed by atoms with van der Waals surface area (Å²) in [6.45, 7) is 3.75. The number of carbonyl (C=O) groups is 2. The molecule has 0 fully saturated rings. The van der Waals surface area contributed by atoms with Crippen LogP contribution in [0.25, 0.3) is 0 Å². The molecule has 0 unspecified atom stereocenters. The SMILES string of the molecule is CCc1cc(NCCC[N+](C)(C)C)c2c(c1N)C(=O)c1ccccc1C2=O. The molecule has 0 heterocycles. The van der Waals surface area contributed by atoms with Crippen LogP contribution in [0.3, 0.4) is 0 Å². The molecule has 1 aliphatic rings. The average molecular weight is 366 g/mol. The van der Waals surface area contributed by atoms with Crippen molar-refractivity contribution in [3.63, 3.8) is 0 Å². The lowest BCUT2D eigenvalue weighted by Gasteiger charge is -2.25. The molecule has 0 atom stereocenters. The number of anilines is 2. The van der Waals surface area contributed by atoms with Crippen molar-refractivity contribution in [2.24, 2.45) is 0 Å². The summed E-state index contributed by atoms with van der Waals surface area (Å²) < 4.78 is 0.881. The maximum absolute atomic E-state index is 13.2. The molecule has 5 nitrogen and oxygen atoms in total. The fourth-order valence-corrected chi connectivity index (χ4v) is 3.58.